The highest BCUT2D eigenvalue weighted by molar-refractivity contribution is 6.31. The van der Waals surface area contributed by atoms with E-state index in [1.807, 2.05) is 6.07 Å². The maximum Gasteiger partial charge on any atom is 0.260 e. The summed E-state index contributed by atoms with van der Waals surface area (Å²) in [7, 11) is 0. The van der Waals surface area contributed by atoms with Crippen LogP contribution in [0.25, 0.3) is 0 Å². The van der Waals surface area contributed by atoms with Gasteiger partial charge in [0.1, 0.15) is 0 Å². The fourth-order valence-corrected chi connectivity index (χ4v) is 1.93. The number of imide groups is 1. The molecule has 4 heteroatoms. The van der Waals surface area contributed by atoms with Crippen molar-refractivity contribution in [1.82, 2.24) is 4.90 Å². The highest BCUT2D eigenvalue weighted by atomic mass is 35.5. The highest BCUT2D eigenvalue weighted by Crippen LogP contribution is 2.21. The maximum absolute atomic E-state index is 11.9. The zero-order chi connectivity index (χ0) is 10.8. The standard InChI is InChI=1S/C11H10ClNO2/c12-9-4-3-8-2-1-5-13(7-14)11(15)10(8)6-9/h3-4,6-7H,1-2,5H2. The first-order valence-electron chi connectivity index (χ1n) is 4.77. The van der Waals surface area contributed by atoms with Crippen molar-refractivity contribution in [3.05, 3.63) is 34.3 Å². The number of benzene rings is 1. The molecule has 1 aromatic carbocycles. The van der Waals surface area contributed by atoms with Gasteiger partial charge >= 0.3 is 0 Å². The molecule has 0 spiro atoms. The number of carbonyl (C=O) groups is 2. The fourth-order valence-electron chi connectivity index (χ4n) is 1.76. The Bertz CT molecular complexity index is 417. The maximum atomic E-state index is 11.9. The largest absolute Gasteiger partial charge is 0.281 e. The molecule has 2 rings (SSSR count). The second kappa shape index (κ2) is 4.03. The van der Waals surface area contributed by atoms with Gasteiger partial charge in [0.15, 0.2) is 0 Å². The van der Waals surface area contributed by atoms with Crippen LogP contribution in [0.4, 0.5) is 0 Å². The Hall–Kier alpha value is -1.35. The minimum Gasteiger partial charge on any atom is -0.281 e. The molecular weight excluding hydrogens is 214 g/mol. The first-order chi connectivity index (χ1) is 7.22. The van der Waals surface area contributed by atoms with E-state index < -0.39 is 0 Å². The van der Waals surface area contributed by atoms with E-state index in [0.29, 0.717) is 23.5 Å². The molecule has 1 heterocycles. The predicted molar refractivity (Wildman–Crippen MR) is 56.9 cm³/mol. The van der Waals surface area contributed by atoms with Gasteiger partial charge in [0.2, 0.25) is 6.41 Å². The summed E-state index contributed by atoms with van der Waals surface area (Å²) in [5, 5.41) is 0.523. The smallest absolute Gasteiger partial charge is 0.260 e. The number of hydrogen-bond acceptors (Lipinski definition) is 2. The van der Waals surface area contributed by atoms with Gasteiger partial charge in [-0.2, -0.15) is 0 Å². The Morgan fingerprint density at radius 1 is 1.40 bits per heavy atom. The van der Waals surface area contributed by atoms with Crippen LogP contribution >= 0.6 is 11.6 Å². The Morgan fingerprint density at radius 3 is 2.93 bits per heavy atom. The van der Waals surface area contributed by atoms with Crippen LogP contribution in [0.15, 0.2) is 18.2 Å². The Morgan fingerprint density at radius 2 is 2.20 bits per heavy atom. The molecule has 1 aliphatic heterocycles. The summed E-state index contributed by atoms with van der Waals surface area (Å²) >= 11 is 5.83. The van der Waals surface area contributed by atoms with Crippen molar-refractivity contribution in [2.45, 2.75) is 12.8 Å². The molecule has 0 unspecified atom stereocenters. The SMILES string of the molecule is O=CN1CCCc2ccc(Cl)cc2C1=O. The van der Waals surface area contributed by atoms with Crippen molar-refractivity contribution in [1.29, 1.82) is 0 Å². The lowest BCUT2D eigenvalue weighted by molar-refractivity contribution is -0.115. The normalized spacial score (nSPS) is 15.8. The predicted octanol–water partition coefficient (Wildman–Crippen LogP) is 1.88. The van der Waals surface area contributed by atoms with Gasteiger partial charge in [-0.05, 0) is 30.5 Å². The van der Waals surface area contributed by atoms with Gasteiger partial charge < -0.3 is 0 Å². The van der Waals surface area contributed by atoms with Gasteiger partial charge in [0.25, 0.3) is 5.91 Å². The van der Waals surface area contributed by atoms with Crippen LogP contribution in [0.1, 0.15) is 22.3 Å². The molecule has 0 saturated carbocycles. The number of aryl methyl sites for hydroxylation is 1. The van der Waals surface area contributed by atoms with E-state index in [2.05, 4.69) is 0 Å². The van der Waals surface area contributed by atoms with Crippen LogP contribution in [0.2, 0.25) is 5.02 Å². The Kier molecular flexibility index (Phi) is 2.73. The molecule has 0 N–H and O–H groups in total. The van der Waals surface area contributed by atoms with Crippen LogP contribution in [-0.4, -0.2) is 23.8 Å². The monoisotopic (exact) mass is 223 g/mol. The molecule has 15 heavy (non-hydrogen) atoms. The number of carbonyl (C=O) groups excluding carboxylic acids is 2. The van der Waals surface area contributed by atoms with E-state index in [0.717, 1.165) is 18.4 Å². The van der Waals surface area contributed by atoms with Gasteiger partial charge in [0, 0.05) is 17.1 Å². The summed E-state index contributed by atoms with van der Waals surface area (Å²) in [4.78, 5) is 23.7. The zero-order valence-corrected chi connectivity index (χ0v) is 8.83. The van der Waals surface area contributed by atoms with E-state index >= 15 is 0 Å². The number of rotatable bonds is 1. The first-order valence-corrected chi connectivity index (χ1v) is 5.15. The summed E-state index contributed by atoms with van der Waals surface area (Å²) in [6.45, 7) is 0.481. The minimum absolute atomic E-state index is 0.250. The summed E-state index contributed by atoms with van der Waals surface area (Å²) in [6.07, 6.45) is 2.19. The van der Waals surface area contributed by atoms with Crippen molar-refractivity contribution in [2.75, 3.05) is 6.54 Å². The molecule has 0 atom stereocenters. The summed E-state index contributed by atoms with van der Waals surface area (Å²) in [6, 6.07) is 5.25. The van der Waals surface area contributed by atoms with Crippen molar-refractivity contribution >= 4 is 23.9 Å². The number of halogens is 1. The van der Waals surface area contributed by atoms with Crippen molar-refractivity contribution in [3.8, 4) is 0 Å². The highest BCUT2D eigenvalue weighted by Gasteiger charge is 2.21. The summed E-state index contributed by atoms with van der Waals surface area (Å²) in [5.41, 5.74) is 1.51. The van der Waals surface area contributed by atoms with E-state index in [1.54, 1.807) is 12.1 Å². The first kappa shape index (κ1) is 10.2. The molecule has 0 fully saturated rings. The third kappa shape index (κ3) is 1.88. The lowest BCUT2D eigenvalue weighted by Crippen LogP contribution is -2.29. The van der Waals surface area contributed by atoms with E-state index in [9.17, 15) is 9.59 Å². The number of hydrogen-bond donors (Lipinski definition) is 0. The van der Waals surface area contributed by atoms with Crippen LogP contribution in [0.5, 0.6) is 0 Å². The van der Waals surface area contributed by atoms with E-state index in [4.69, 9.17) is 11.6 Å². The Labute approximate surface area is 92.6 Å². The van der Waals surface area contributed by atoms with Crippen molar-refractivity contribution < 1.29 is 9.59 Å². The number of nitrogens with zero attached hydrogens (tertiary/aromatic N) is 1. The van der Waals surface area contributed by atoms with Crippen LogP contribution < -0.4 is 0 Å². The third-order valence-corrected chi connectivity index (χ3v) is 2.77. The summed E-state index contributed by atoms with van der Waals surface area (Å²) < 4.78 is 0. The Balaban J connectivity index is 2.48. The molecule has 0 saturated heterocycles. The van der Waals surface area contributed by atoms with Gasteiger partial charge in [-0.25, -0.2) is 0 Å². The van der Waals surface area contributed by atoms with E-state index in [1.165, 1.54) is 4.90 Å². The molecule has 1 aromatic rings. The lowest BCUT2D eigenvalue weighted by atomic mass is 10.0. The molecule has 0 aliphatic carbocycles. The second-order valence-corrected chi connectivity index (χ2v) is 3.95. The second-order valence-electron chi connectivity index (χ2n) is 3.51. The quantitative estimate of drug-likeness (QED) is 0.682. The van der Waals surface area contributed by atoms with E-state index in [-0.39, 0.29) is 5.91 Å². The fraction of sp³-hybridized carbons (Fsp3) is 0.273. The molecule has 0 aromatic heterocycles. The molecule has 1 aliphatic rings. The molecule has 3 nitrogen and oxygen atoms in total. The van der Waals surface area contributed by atoms with Gasteiger partial charge in [0.05, 0.1) is 0 Å². The number of fused-ring (bicyclic) bond motifs is 1. The van der Waals surface area contributed by atoms with Gasteiger partial charge in [-0.1, -0.05) is 17.7 Å². The molecule has 0 radical (unpaired) electrons. The van der Waals surface area contributed by atoms with Crippen molar-refractivity contribution in [3.63, 3.8) is 0 Å². The average Bonchev–Trinajstić information content (AvgIpc) is 2.39. The topological polar surface area (TPSA) is 37.4 Å². The lowest BCUT2D eigenvalue weighted by Gasteiger charge is -2.12. The molecular formula is C11H10ClNO2. The number of amides is 2. The van der Waals surface area contributed by atoms with Crippen LogP contribution in [-0.2, 0) is 11.2 Å². The molecule has 0 bridgehead atoms. The van der Waals surface area contributed by atoms with Gasteiger partial charge in [-0.3, -0.25) is 14.5 Å². The summed E-state index contributed by atoms with van der Waals surface area (Å²) in [5.74, 6) is -0.250. The van der Waals surface area contributed by atoms with Crippen molar-refractivity contribution in [2.24, 2.45) is 0 Å². The molecule has 2 amide bonds. The third-order valence-electron chi connectivity index (χ3n) is 2.54. The average molecular weight is 224 g/mol. The van der Waals surface area contributed by atoms with Crippen LogP contribution in [0.3, 0.4) is 0 Å². The zero-order valence-electron chi connectivity index (χ0n) is 8.07. The van der Waals surface area contributed by atoms with Gasteiger partial charge in [-0.15, -0.1) is 0 Å². The minimum atomic E-state index is -0.250. The molecule has 78 valence electrons. The van der Waals surface area contributed by atoms with Crippen LogP contribution in [0, 0.1) is 0 Å².